The Hall–Kier alpha value is -2.48. The van der Waals surface area contributed by atoms with E-state index in [1.54, 1.807) is 11.8 Å². The number of rotatable bonds is 5. The molecule has 4 rings (SSSR count). The highest BCUT2D eigenvalue weighted by molar-refractivity contribution is 5.83. The molecule has 1 amide bonds. The van der Waals surface area contributed by atoms with E-state index in [9.17, 15) is 9.59 Å². The Morgan fingerprint density at radius 2 is 2.11 bits per heavy atom. The fraction of sp³-hybridized carbons (Fsp3) is 0.545. The van der Waals surface area contributed by atoms with Crippen molar-refractivity contribution in [3.8, 4) is 12.3 Å². The zero-order valence-corrected chi connectivity index (χ0v) is 15.9. The highest BCUT2D eigenvalue weighted by Crippen LogP contribution is 2.77. The molecule has 2 fully saturated rings. The molecule has 4 atom stereocenters. The van der Waals surface area contributed by atoms with Crippen molar-refractivity contribution in [1.82, 2.24) is 4.90 Å². The predicted octanol–water partition coefficient (Wildman–Crippen LogP) is 3.83. The largest absolute Gasteiger partial charge is 0.425 e. The minimum atomic E-state index is -0.929. The summed E-state index contributed by atoms with van der Waals surface area (Å²) in [6, 6.07) is 7.95. The van der Waals surface area contributed by atoms with E-state index in [-0.39, 0.29) is 29.4 Å². The number of aryl methyl sites for hydroxylation is 1. The first-order valence-corrected chi connectivity index (χ1v) is 9.60. The summed E-state index contributed by atoms with van der Waals surface area (Å²) in [4.78, 5) is 26.7. The molecule has 0 aliphatic heterocycles. The molecule has 3 aliphatic carbocycles. The van der Waals surface area contributed by atoms with Gasteiger partial charge in [0.1, 0.15) is 0 Å². The number of nitrogens with zero attached hydrogens (tertiary/aromatic N) is 1. The fourth-order valence-corrected chi connectivity index (χ4v) is 4.83. The van der Waals surface area contributed by atoms with E-state index in [1.165, 1.54) is 5.56 Å². The maximum absolute atomic E-state index is 12.7. The molecule has 0 N–H and O–H groups in total. The van der Waals surface area contributed by atoms with E-state index >= 15 is 0 Å². The van der Waals surface area contributed by atoms with Crippen LogP contribution in [0.15, 0.2) is 24.3 Å². The van der Waals surface area contributed by atoms with E-state index < -0.39 is 12.4 Å². The number of fused-ring (bicyclic) bond motifs is 2. The minimum absolute atomic E-state index is 0.0941. The third kappa shape index (κ3) is 2.79. The summed E-state index contributed by atoms with van der Waals surface area (Å²) < 4.78 is 10.9. The molecule has 1 aromatic carbocycles. The zero-order chi connectivity index (χ0) is 19.2. The topological polar surface area (TPSA) is 55.8 Å². The number of hydrogen-bond acceptors (Lipinski definition) is 4. The second-order valence-electron chi connectivity index (χ2n) is 8.26. The smallest absolute Gasteiger partial charge is 0.414 e. The number of carbonyl (C=O) groups excluding carboxylic acids is 2. The molecule has 2 saturated carbocycles. The number of esters is 1. The number of carbonyl (C=O) groups is 2. The molecular formula is C22H25NO4. The van der Waals surface area contributed by atoms with Crippen LogP contribution in [0.25, 0.3) is 0 Å². The van der Waals surface area contributed by atoms with Crippen molar-refractivity contribution < 1.29 is 19.1 Å². The van der Waals surface area contributed by atoms with Gasteiger partial charge in [0.15, 0.2) is 0 Å². The number of benzene rings is 1. The summed E-state index contributed by atoms with van der Waals surface area (Å²) in [6.45, 7) is 3.85. The van der Waals surface area contributed by atoms with E-state index in [2.05, 4.69) is 18.9 Å². The van der Waals surface area contributed by atoms with Crippen molar-refractivity contribution in [3.63, 3.8) is 0 Å². The Bertz CT molecular complexity index is 828. The Labute approximate surface area is 160 Å². The minimum Gasteiger partial charge on any atom is -0.425 e. The molecule has 0 saturated heterocycles. The normalized spacial score (nSPS) is 30.8. The van der Waals surface area contributed by atoms with Gasteiger partial charge in [-0.25, -0.2) is 4.79 Å². The van der Waals surface area contributed by atoms with E-state index in [4.69, 9.17) is 15.9 Å². The van der Waals surface area contributed by atoms with Gasteiger partial charge in [0.05, 0.1) is 18.0 Å². The van der Waals surface area contributed by atoms with E-state index in [1.807, 2.05) is 18.2 Å². The molecule has 4 unspecified atom stereocenters. The van der Waals surface area contributed by atoms with Crippen molar-refractivity contribution in [1.29, 1.82) is 0 Å². The molecule has 1 aromatic rings. The van der Waals surface area contributed by atoms with Crippen molar-refractivity contribution in [3.05, 3.63) is 35.4 Å². The lowest BCUT2D eigenvalue weighted by atomic mass is 9.75. The first-order valence-electron chi connectivity index (χ1n) is 9.60. The second kappa shape index (κ2) is 6.30. The molecule has 142 valence electrons. The van der Waals surface area contributed by atoms with Crippen LogP contribution in [0.2, 0.25) is 0 Å². The zero-order valence-electron chi connectivity index (χ0n) is 15.9. The van der Waals surface area contributed by atoms with Gasteiger partial charge in [0, 0.05) is 6.92 Å². The maximum atomic E-state index is 12.7. The summed E-state index contributed by atoms with van der Waals surface area (Å²) in [7, 11) is 0. The lowest BCUT2D eigenvalue weighted by molar-refractivity contribution is -0.178. The molecule has 0 aromatic heterocycles. The summed E-state index contributed by atoms with van der Waals surface area (Å²) in [6.07, 6.45) is 8.53. The van der Waals surface area contributed by atoms with Gasteiger partial charge in [-0.1, -0.05) is 37.1 Å². The summed E-state index contributed by atoms with van der Waals surface area (Å²) >= 11 is 0. The Morgan fingerprint density at radius 3 is 2.74 bits per heavy atom. The molecule has 0 heterocycles. The van der Waals surface area contributed by atoms with Gasteiger partial charge >= 0.3 is 12.1 Å². The van der Waals surface area contributed by atoms with Crippen molar-refractivity contribution in [2.75, 3.05) is 6.54 Å². The highest BCUT2D eigenvalue weighted by atomic mass is 16.7. The lowest BCUT2D eigenvalue weighted by Crippen LogP contribution is -2.39. The van der Waals surface area contributed by atoms with Gasteiger partial charge in [-0.15, -0.1) is 6.42 Å². The third-order valence-electron chi connectivity index (χ3n) is 6.73. The van der Waals surface area contributed by atoms with Crippen molar-refractivity contribution >= 4 is 12.1 Å². The molecule has 3 aliphatic rings. The van der Waals surface area contributed by atoms with Crippen LogP contribution in [0.4, 0.5) is 4.79 Å². The first-order chi connectivity index (χ1) is 12.9. The molecule has 5 nitrogen and oxygen atoms in total. The number of ether oxygens (including phenoxy) is 2. The average molecular weight is 367 g/mol. The molecule has 0 spiro atoms. The average Bonchev–Trinajstić information content (AvgIpc) is 2.96. The summed E-state index contributed by atoms with van der Waals surface area (Å²) in [5.41, 5.74) is 2.10. The molecule has 0 bridgehead atoms. The molecule has 0 radical (unpaired) electrons. The Balaban J connectivity index is 1.40. The van der Waals surface area contributed by atoms with Crippen LogP contribution in [-0.4, -0.2) is 29.8 Å². The SMILES string of the molecule is C#CCN(C(=O)OC(C)OC(=O)C12CCC1(C)C2)C1CCc2ccccc21. The standard InChI is InChI=1S/C22H25NO4/c1-4-13-23(18-10-9-16-7-5-6-8-17(16)18)20(25)27-15(2)26-19(24)22-12-11-21(22,3)14-22/h1,5-8,15,18H,9-14H2,2-3H3. The summed E-state index contributed by atoms with van der Waals surface area (Å²) in [5.74, 6) is 2.30. The van der Waals surface area contributed by atoms with Crippen LogP contribution in [-0.2, 0) is 20.7 Å². The van der Waals surface area contributed by atoms with Crippen LogP contribution in [0.1, 0.15) is 56.7 Å². The quantitative estimate of drug-likeness (QED) is 0.451. The van der Waals surface area contributed by atoms with Gasteiger partial charge < -0.3 is 9.47 Å². The van der Waals surface area contributed by atoms with Crippen molar-refractivity contribution in [2.45, 2.75) is 58.3 Å². The van der Waals surface area contributed by atoms with Crippen LogP contribution in [0.3, 0.4) is 0 Å². The van der Waals surface area contributed by atoms with Crippen LogP contribution >= 0.6 is 0 Å². The fourth-order valence-electron chi connectivity index (χ4n) is 4.83. The second-order valence-corrected chi connectivity index (χ2v) is 8.26. The monoisotopic (exact) mass is 367 g/mol. The third-order valence-corrected chi connectivity index (χ3v) is 6.73. The predicted molar refractivity (Wildman–Crippen MR) is 99.5 cm³/mol. The van der Waals surface area contributed by atoms with Crippen LogP contribution in [0, 0.1) is 23.2 Å². The van der Waals surface area contributed by atoms with Gasteiger partial charge in [0.2, 0.25) is 6.29 Å². The maximum Gasteiger partial charge on any atom is 0.414 e. The number of hydrogen-bond donors (Lipinski definition) is 0. The van der Waals surface area contributed by atoms with Gasteiger partial charge in [-0.2, -0.15) is 0 Å². The Kier molecular flexibility index (Phi) is 4.18. The van der Waals surface area contributed by atoms with E-state index in [0.29, 0.717) is 0 Å². The Morgan fingerprint density at radius 1 is 1.33 bits per heavy atom. The number of amides is 1. The van der Waals surface area contributed by atoms with E-state index in [0.717, 1.165) is 37.7 Å². The molecule has 27 heavy (non-hydrogen) atoms. The summed E-state index contributed by atoms with van der Waals surface area (Å²) in [5, 5.41) is 0. The number of terminal acetylenes is 1. The van der Waals surface area contributed by atoms with Crippen molar-refractivity contribution in [2.24, 2.45) is 10.8 Å². The van der Waals surface area contributed by atoms with Gasteiger partial charge in [0.25, 0.3) is 0 Å². The molecular weight excluding hydrogens is 342 g/mol. The molecule has 5 heteroatoms. The lowest BCUT2D eigenvalue weighted by Gasteiger charge is -2.32. The van der Waals surface area contributed by atoms with Gasteiger partial charge in [-0.05, 0) is 48.6 Å². The highest BCUT2D eigenvalue weighted by Gasteiger charge is 2.76. The van der Waals surface area contributed by atoms with Crippen LogP contribution in [0.5, 0.6) is 0 Å². The van der Waals surface area contributed by atoms with Crippen LogP contribution < -0.4 is 0 Å². The first kappa shape index (κ1) is 17.9. The van der Waals surface area contributed by atoms with Gasteiger partial charge in [-0.3, -0.25) is 9.69 Å².